The molecule has 1 atom stereocenters. The molecule has 1 aromatic heterocycles. The lowest BCUT2D eigenvalue weighted by Crippen LogP contribution is -2.82. The number of esters is 1. The van der Waals surface area contributed by atoms with Crippen LogP contribution in [0.4, 0.5) is 4.79 Å². The molecule has 2 heterocycles. The summed E-state index contributed by atoms with van der Waals surface area (Å²) in [6.45, 7) is 6.94. The maximum Gasteiger partial charge on any atom is 0.417 e. The molecule has 0 saturated carbocycles. The van der Waals surface area contributed by atoms with Crippen LogP contribution in [0.3, 0.4) is 0 Å². The first-order valence-corrected chi connectivity index (χ1v) is 9.58. The molecule has 2 rings (SSSR count). The Balaban J connectivity index is 1.88. The number of ether oxygens (including phenoxy) is 2. The molecule has 1 aliphatic heterocycles. The second-order valence-corrected chi connectivity index (χ2v) is 8.03. The van der Waals surface area contributed by atoms with Crippen LogP contribution in [0.5, 0.6) is 0 Å². The van der Waals surface area contributed by atoms with Crippen LogP contribution in [0, 0.1) is 0 Å². The third-order valence-electron chi connectivity index (χ3n) is 3.63. The minimum atomic E-state index is -0.894. The third kappa shape index (κ3) is 6.38. The van der Waals surface area contributed by atoms with Gasteiger partial charge in [-0.2, -0.15) is 0 Å². The number of amides is 2. The highest BCUT2D eigenvalue weighted by atomic mass is 32.1. The molecule has 0 radical (unpaired) electrons. The molecule has 9 heteroatoms. The van der Waals surface area contributed by atoms with Gasteiger partial charge in [0.05, 0.1) is 6.54 Å². The summed E-state index contributed by atoms with van der Waals surface area (Å²) in [5.41, 5.74) is -0.709. The van der Waals surface area contributed by atoms with Gasteiger partial charge in [0, 0.05) is 37.4 Å². The number of nitrogens with zero attached hydrogens (tertiary/aromatic N) is 2. The zero-order valence-corrected chi connectivity index (χ0v) is 16.2. The lowest BCUT2D eigenvalue weighted by molar-refractivity contribution is -0.670. The molecule has 0 spiro atoms. The SMILES string of the molecule is CC(C)(C)OC(=O)N(CCC[NH2+]Cc1nccs1)C(=O)[C@@H]1CCC(=O)O1. The van der Waals surface area contributed by atoms with Crippen molar-refractivity contribution < 1.29 is 29.2 Å². The standard InChI is InChI=1S/C17H25N3O5S/c1-17(2,3)25-16(23)20(15(22)12-5-6-14(21)24-12)9-4-7-18-11-13-19-8-10-26-13/h8,10,12,18H,4-7,9,11H2,1-3H3/p+1/t12-/m0/s1. The van der Waals surface area contributed by atoms with Crippen LogP contribution < -0.4 is 5.32 Å². The van der Waals surface area contributed by atoms with Crippen molar-refractivity contribution in [1.82, 2.24) is 9.88 Å². The monoisotopic (exact) mass is 384 g/mol. The van der Waals surface area contributed by atoms with Crippen LogP contribution in [0.2, 0.25) is 0 Å². The maximum absolute atomic E-state index is 12.6. The highest BCUT2D eigenvalue weighted by Gasteiger charge is 2.37. The van der Waals surface area contributed by atoms with Crippen LogP contribution in [0.25, 0.3) is 0 Å². The van der Waals surface area contributed by atoms with Gasteiger partial charge in [-0.1, -0.05) is 0 Å². The van der Waals surface area contributed by atoms with Crippen molar-refractivity contribution in [2.24, 2.45) is 0 Å². The minimum absolute atomic E-state index is 0.195. The number of imide groups is 1. The Morgan fingerprint density at radius 1 is 1.46 bits per heavy atom. The number of quaternary nitrogens is 1. The normalized spacial score (nSPS) is 17.0. The second kappa shape index (κ2) is 9.09. The highest BCUT2D eigenvalue weighted by molar-refractivity contribution is 7.09. The van der Waals surface area contributed by atoms with Gasteiger partial charge in [0.25, 0.3) is 5.91 Å². The molecule has 1 fully saturated rings. The fourth-order valence-corrected chi connectivity index (χ4v) is 3.07. The van der Waals surface area contributed by atoms with E-state index in [1.54, 1.807) is 38.3 Å². The van der Waals surface area contributed by atoms with Gasteiger partial charge in [0.2, 0.25) is 0 Å². The molecule has 26 heavy (non-hydrogen) atoms. The Kier molecular flexibility index (Phi) is 7.10. The van der Waals surface area contributed by atoms with Crippen molar-refractivity contribution in [2.75, 3.05) is 13.1 Å². The molecule has 0 aromatic carbocycles. The molecule has 1 aliphatic rings. The Bertz CT molecular complexity index is 627. The Hall–Kier alpha value is -2.00. The highest BCUT2D eigenvalue weighted by Crippen LogP contribution is 2.18. The number of thiazole rings is 1. The molecule has 2 amide bonds. The van der Waals surface area contributed by atoms with Gasteiger partial charge in [-0.3, -0.25) is 9.59 Å². The molecule has 144 valence electrons. The van der Waals surface area contributed by atoms with E-state index in [2.05, 4.69) is 10.3 Å². The summed E-state index contributed by atoms with van der Waals surface area (Å²) in [7, 11) is 0. The molecule has 0 bridgehead atoms. The average molecular weight is 384 g/mol. The number of carbonyl (C=O) groups excluding carboxylic acids is 3. The Morgan fingerprint density at radius 3 is 2.81 bits per heavy atom. The van der Waals surface area contributed by atoms with E-state index in [0.29, 0.717) is 12.8 Å². The fraction of sp³-hybridized carbons (Fsp3) is 0.647. The Labute approximate surface area is 156 Å². The summed E-state index contributed by atoms with van der Waals surface area (Å²) in [5, 5.41) is 5.03. The van der Waals surface area contributed by atoms with Crippen LogP contribution >= 0.6 is 11.3 Å². The molecular weight excluding hydrogens is 358 g/mol. The first-order chi connectivity index (χ1) is 12.3. The van der Waals surface area contributed by atoms with Gasteiger partial charge in [-0.05, 0) is 20.8 Å². The van der Waals surface area contributed by atoms with E-state index in [1.807, 2.05) is 5.38 Å². The quantitative estimate of drug-likeness (QED) is 0.557. The van der Waals surface area contributed by atoms with Gasteiger partial charge >= 0.3 is 12.1 Å². The van der Waals surface area contributed by atoms with E-state index in [9.17, 15) is 14.4 Å². The molecule has 1 aromatic rings. The topological polar surface area (TPSA) is 102 Å². The summed E-state index contributed by atoms with van der Waals surface area (Å²) < 4.78 is 10.3. The maximum atomic E-state index is 12.6. The summed E-state index contributed by atoms with van der Waals surface area (Å²) in [4.78, 5) is 41.5. The number of aromatic nitrogens is 1. The first-order valence-electron chi connectivity index (χ1n) is 8.70. The summed E-state index contributed by atoms with van der Waals surface area (Å²) in [5.74, 6) is -0.922. The van der Waals surface area contributed by atoms with E-state index in [1.165, 1.54) is 0 Å². The smallest absolute Gasteiger partial charge is 0.417 e. The third-order valence-corrected chi connectivity index (χ3v) is 4.43. The van der Waals surface area contributed by atoms with E-state index in [0.717, 1.165) is 23.0 Å². The van der Waals surface area contributed by atoms with Crippen molar-refractivity contribution in [1.29, 1.82) is 0 Å². The van der Waals surface area contributed by atoms with E-state index < -0.39 is 29.7 Å². The number of hydrogen-bond acceptors (Lipinski definition) is 7. The van der Waals surface area contributed by atoms with Gasteiger partial charge in [0.1, 0.15) is 17.2 Å². The number of nitrogens with two attached hydrogens (primary N) is 1. The van der Waals surface area contributed by atoms with Crippen LogP contribution in [0.1, 0.15) is 45.0 Å². The second-order valence-electron chi connectivity index (χ2n) is 7.05. The molecule has 1 saturated heterocycles. The molecule has 0 aliphatic carbocycles. The summed E-state index contributed by atoms with van der Waals surface area (Å²) >= 11 is 1.59. The van der Waals surface area contributed by atoms with E-state index in [-0.39, 0.29) is 13.0 Å². The number of carbonyl (C=O) groups is 3. The number of cyclic esters (lactones) is 1. The minimum Gasteiger partial charge on any atom is -0.452 e. The predicted molar refractivity (Wildman–Crippen MR) is 94.3 cm³/mol. The molecule has 8 nitrogen and oxygen atoms in total. The zero-order chi connectivity index (χ0) is 19.2. The molecule has 2 N–H and O–H groups in total. The number of hydrogen-bond donors (Lipinski definition) is 1. The van der Waals surface area contributed by atoms with Gasteiger partial charge in [-0.15, -0.1) is 11.3 Å². The molecular formula is C17H26N3O5S+. The van der Waals surface area contributed by atoms with Gasteiger partial charge in [0.15, 0.2) is 6.10 Å². The number of rotatable bonds is 7. The fourth-order valence-electron chi connectivity index (χ4n) is 2.45. The first kappa shape index (κ1) is 20.3. The Morgan fingerprint density at radius 2 is 2.23 bits per heavy atom. The van der Waals surface area contributed by atoms with Crippen LogP contribution in [0.15, 0.2) is 11.6 Å². The zero-order valence-electron chi connectivity index (χ0n) is 15.4. The lowest BCUT2D eigenvalue weighted by Gasteiger charge is -2.27. The van der Waals surface area contributed by atoms with Crippen molar-refractivity contribution in [3.63, 3.8) is 0 Å². The van der Waals surface area contributed by atoms with Crippen molar-refractivity contribution in [2.45, 2.75) is 58.3 Å². The lowest BCUT2D eigenvalue weighted by atomic mass is 10.2. The largest absolute Gasteiger partial charge is 0.452 e. The summed E-state index contributed by atoms with van der Waals surface area (Å²) in [6.07, 6.45) is 1.27. The van der Waals surface area contributed by atoms with E-state index >= 15 is 0 Å². The van der Waals surface area contributed by atoms with Crippen molar-refractivity contribution >= 4 is 29.3 Å². The van der Waals surface area contributed by atoms with Crippen LogP contribution in [-0.2, 0) is 25.6 Å². The summed E-state index contributed by atoms with van der Waals surface area (Å²) in [6, 6.07) is 0. The van der Waals surface area contributed by atoms with Crippen molar-refractivity contribution in [3.05, 3.63) is 16.6 Å². The predicted octanol–water partition coefficient (Wildman–Crippen LogP) is 1.07. The van der Waals surface area contributed by atoms with Crippen LogP contribution in [-0.4, -0.2) is 52.6 Å². The van der Waals surface area contributed by atoms with Crippen molar-refractivity contribution in [3.8, 4) is 0 Å². The van der Waals surface area contributed by atoms with Gasteiger partial charge < -0.3 is 14.8 Å². The van der Waals surface area contributed by atoms with E-state index in [4.69, 9.17) is 9.47 Å². The van der Waals surface area contributed by atoms with Gasteiger partial charge in [-0.25, -0.2) is 14.7 Å². The molecule has 0 unspecified atom stereocenters. The average Bonchev–Trinajstić information content (AvgIpc) is 3.20.